The van der Waals surface area contributed by atoms with Gasteiger partial charge in [0.05, 0.1) is 11.4 Å². The molecule has 34 heavy (non-hydrogen) atoms. The number of benzene rings is 2. The van der Waals surface area contributed by atoms with Crippen LogP contribution in [0.3, 0.4) is 0 Å². The Morgan fingerprint density at radius 3 is 2.32 bits per heavy atom. The van der Waals surface area contributed by atoms with Gasteiger partial charge < -0.3 is 10.2 Å². The van der Waals surface area contributed by atoms with E-state index in [9.17, 15) is 4.79 Å². The van der Waals surface area contributed by atoms with Gasteiger partial charge in [-0.15, -0.1) is 0 Å². The highest BCUT2D eigenvalue weighted by atomic mass is 16.1. The summed E-state index contributed by atoms with van der Waals surface area (Å²) >= 11 is 0. The van der Waals surface area contributed by atoms with Crippen molar-refractivity contribution in [1.82, 2.24) is 9.38 Å². The Bertz CT molecular complexity index is 1280. The summed E-state index contributed by atoms with van der Waals surface area (Å²) < 4.78 is 2.08. The summed E-state index contributed by atoms with van der Waals surface area (Å²) in [5.74, 6) is 1.70. The van der Waals surface area contributed by atoms with Crippen LogP contribution in [0.25, 0.3) is 16.9 Å². The molecule has 1 N–H and O–H groups in total. The number of Topliss-reactive ketones (excluding diaryl/α,β-unsaturated/α-hetero) is 1. The first-order chi connectivity index (χ1) is 16.5. The molecule has 174 valence electrons. The van der Waals surface area contributed by atoms with Crippen LogP contribution in [0.4, 0.5) is 17.1 Å². The lowest BCUT2D eigenvalue weighted by Crippen LogP contribution is -2.35. The Morgan fingerprint density at radius 2 is 1.68 bits per heavy atom. The minimum atomic E-state index is 0.0740. The summed E-state index contributed by atoms with van der Waals surface area (Å²) in [5, 5.41) is 3.54. The number of nitrogens with zero attached hydrogens (tertiary/aromatic N) is 3. The van der Waals surface area contributed by atoms with E-state index in [1.54, 1.807) is 6.92 Å². The topological polar surface area (TPSA) is 49.6 Å². The van der Waals surface area contributed by atoms with E-state index >= 15 is 0 Å². The molecule has 2 aromatic carbocycles. The van der Waals surface area contributed by atoms with Crippen molar-refractivity contribution in [1.29, 1.82) is 0 Å². The zero-order chi connectivity index (χ0) is 23.7. The summed E-state index contributed by atoms with van der Waals surface area (Å²) in [7, 11) is 0. The standard InChI is InChI=1S/C29H32N4O/c1-20(2)22-14-17-32(18-15-22)26-10-8-25(9-11-26)31-27-12-13-28(33-19-16-30-29(27)33)24-6-4-23(5-7-24)21(3)34/h4-13,16,19-20,22,31H,14-15,17-18H2,1-3H3. The van der Waals surface area contributed by atoms with Crippen LogP contribution < -0.4 is 10.2 Å². The quantitative estimate of drug-likeness (QED) is 0.326. The van der Waals surface area contributed by atoms with Crippen molar-refractivity contribution in [3.63, 3.8) is 0 Å². The molecule has 0 spiro atoms. The van der Waals surface area contributed by atoms with Gasteiger partial charge >= 0.3 is 0 Å². The smallest absolute Gasteiger partial charge is 0.161 e. The Morgan fingerprint density at radius 1 is 0.971 bits per heavy atom. The van der Waals surface area contributed by atoms with E-state index in [4.69, 9.17) is 0 Å². The minimum absolute atomic E-state index is 0.0740. The predicted molar refractivity (Wildman–Crippen MR) is 140 cm³/mol. The highest BCUT2D eigenvalue weighted by Crippen LogP contribution is 2.31. The number of aromatic nitrogens is 2. The molecule has 5 rings (SSSR count). The van der Waals surface area contributed by atoms with Crippen LogP contribution in [0.5, 0.6) is 0 Å². The largest absolute Gasteiger partial charge is 0.372 e. The molecule has 1 saturated heterocycles. The summed E-state index contributed by atoms with van der Waals surface area (Å²) in [6, 6.07) is 20.6. The number of ketones is 1. The molecule has 1 fully saturated rings. The first-order valence-electron chi connectivity index (χ1n) is 12.2. The van der Waals surface area contributed by atoms with Crippen LogP contribution >= 0.6 is 0 Å². The van der Waals surface area contributed by atoms with Gasteiger partial charge in [0.2, 0.25) is 0 Å². The van der Waals surface area contributed by atoms with Crippen molar-refractivity contribution in [2.75, 3.05) is 23.3 Å². The molecule has 0 unspecified atom stereocenters. The average molecular weight is 453 g/mol. The lowest BCUT2D eigenvalue weighted by Gasteiger charge is -2.35. The number of pyridine rings is 1. The number of fused-ring (bicyclic) bond motifs is 1. The number of imidazole rings is 1. The lowest BCUT2D eigenvalue weighted by molar-refractivity contribution is 0.101. The summed E-state index contributed by atoms with van der Waals surface area (Å²) in [4.78, 5) is 18.7. The Balaban J connectivity index is 1.33. The predicted octanol–water partition coefficient (Wildman–Crippen LogP) is 6.82. The zero-order valence-corrected chi connectivity index (χ0v) is 20.2. The molecule has 1 aliphatic heterocycles. The number of piperidine rings is 1. The fourth-order valence-electron chi connectivity index (χ4n) is 4.96. The highest BCUT2D eigenvalue weighted by molar-refractivity contribution is 5.94. The normalized spacial score (nSPS) is 14.6. The van der Waals surface area contributed by atoms with Gasteiger partial charge in [0.1, 0.15) is 0 Å². The third kappa shape index (κ3) is 4.43. The number of anilines is 3. The van der Waals surface area contributed by atoms with Crippen molar-refractivity contribution < 1.29 is 4.79 Å². The van der Waals surface area contributed by atoms with Crippen LogP contribution in [-0.4, -0.2) is 28.3 Å². The molecule has 3 heterocycles. The van der Waals surface area contributed by atoms with Crippen molar-refractivity contribution in [2.45, 2.75) is 33.6 Å². The van der Waals surface area contributed by atoms with Gasteiger partial charge in [-0.3, -0.25) is 9.20 Å². The van der Waals surface area contributed by atoms with Gasteiger partial charge in [-0.2, -0.15) is 0 Å². The van der Waals surface area contributed by atoms with Crippen LogP contribution in [0, 0.1) is 11.8 Å². The molecule has 0 radical (unpaired) electrons. The van der Waals surface area contributed by atoms with E-state index in [1.165, 1.54) is 18.5 Å². The van der Waals surface area contributed by atoms with Gasteiger partial charge in [0.25, 0.3) is 0 Å². The van der Waals surface area contributed by atoms with Crippen molar-refractivity contribution in [2.24, 2.45) is 11.8 Å². The van der Waals surface area contributed by atoms with E-state index in [0.29, 0.717) is 0 Å². The second-order valence-electron chi connectivity index (χ2n) is 9.63. The molecule has 5 nitrogen and oxygen atoms in total. The summed E-state index contributed by atoms with van der Waals surface area (Å²) in [6.45, 7) is 8.55. The zero-order valence-electron chi connectivity index (χ0n) is 20.2. The van der Waals surface area contributed by atoms with Crippen molar-refractivity contribution >= 4 is 28.5 Å². The summed E-state index contributed by atoms with van der Waals surface area (Å²) in [6.07, 6.45) is 6.34. The molecule has 1 aliphatic rings. The van der Waals surface area contributed by atoms with Crippen LogP contribution in [0.1, 0.15) is 44.0 Å². The van der Waals surface area contributed by atoms with Crippen LogP contribution in [-0.2, 0) is 0 Å². The number of carbonyl (C=O) groups is 1. The molecule has 0 bridgehead atoms. The van der Waals surface area contributed by atoms with E-state index < -0.39 is 0 Å². The highest BCUT2D eigenvalue weighted by Gasteiger charge is 2.21. The minimum Gasteiger partial charge on any atom is -0.372 e. The summed E-state index contributed by atoms with van der Waals surface area (Å²) in [5.41, 5.74) is 6.97. The lowest BCUT2D eigenvalue weighted by atomic mass is 9.86. The van der Waals surface area contributed by atoms with Gasteiger partial charge in [-0.25, -0.2) is 4.98 Å². The maximum atomic E-state index is 11.6. The Kier molecular flexibility index (Phi) is 6.10. The van der Waals surface area contributed by atoms with E-state index in [2.05, 4.69) is 69.8 Å². The van der Waals surface area contributed by atoms with Gasteiger partial charge in [-0.1, -0.05) is 38.1 Å². The molecule has 5 heteroatoms. The first kappa shape index (κ1) is 22.2. The number of rotatable bonds is 6. The number of hydrogen-bond acceptors (Lipinski definition) is 4. The second-order valence-corrected chi connectivity index (χ2v) is 9.63. The van der Waals surface area contributed by atoms with E-state index in [1.807, 2.05) is 36.7 Å². The van der Waals surface area contributed by atoms with E-state index in [0.717, 1.165) is 58.8 Å². The Labute approximate surface area is 201 Å². The Hall–Kier alpha value is -3.60. The van der Waals surface area contributed by atoms with Crippen molar-refractivity contribution in [3.8, 4) is 11.3 Å². The van der Waals surface area contributed by atoms with Gasteiger partial charge in [0.15, 0.2) is 11.4 Å². The molecule has 4 aromatic rings. The average Bonchev–Trinajstić information content (AvgIpc) is 3.35. The monoisotopic (exact) mass is 452 g/mol. The maximum absolute atomic E-state index is 11.6. The fourth-order valence-corrected chi connectivity index (χ4v) is 4.96. The molecular formula is C29H32N4O. The molecule has 0 atom stereocenters. The van der Waals surface area contributed by atoms with Crippen molar-refractivity contribution in [3.05, 3.63) is 78.6 Å². The third-order valence-corrected chi connectivity index (χ3v) is 7.13. The third-order valence-electron chi connectivity index (χ3n) is 7.13. The molecular weight excluding hydrogens is 420 g/mol. The first-order valence-corrected chi connectivity index (χ1v) is 12.2. The number of hydrogen-bond donors (Lipinski definition) is 1. The van der Waals surface area contributed by atoms with Crippen LogP contribution in [0.2, 0.25) is 0 Å². The molecule has 0 amide bonds. The number of carbonyl (C=O) groups excluding carboxylic acids is 1. The maximum Gasteiger partial charge on any atom is 0.161 e. The van der Waals surface area contributed by atoms with Gasteiger partial charge in [0, 0.05) is 42.4 Å². The number of nitrogens with one attached hydrogen (secondary N) is 1. The molecule has 0 saturated carbocycles. The van der Waals surface area contributed by atoms with Crippen LogP contribution in [0.15, 0.2) is 73.1 Å². The van der Waals surface area contributed by atoms with E-state index in [-0.39, 0.29) is 5.78 Å². The van der Waals surface area contributed by atoms with Gasteiger partial charge in [-0.05, 0) is 73.6 Å². The molecule has 0 aliphatic carbocycles. The molecule has 2 aromatic heterocycles. The SMILES string of the molecule is CC(=O)c1ccc(-c2ccc(Nc3ccc(N4CCC(C(C)C)CC4)cc3)c3nccn23)cc1. The second kappa shape index (κ2) is 9.34. The fraction of sp³-hybridized carbons (Fsp3) is 0.310.